The summed E-state index contributed by atoms with van der Waals surface area (Å²) in [6.07, 6.45) is -0.902. The number of benzene rings is 2. The van der Waals surface area contributed by atoms with Gasteiger partial charge in [-0.1, -0.05) is 63.6 Å². The lowest BCUT2D eigenvalue weighted by atomic mass is 9.88. The van der Waals surface area contributed by atoms with Crippen LogP contribution in [0.3, 0.4) is 0 Å². The number of pyridine rings is 1. The van der Waals surface area contributed by atoms with Crippen molar-refractivity contribution in [2.75, 3.05) is 50.1 Å². The first kappa shape index (κ1) is 48.1. The first-order chi connectivity index (χ1) is 31.2. The standard InChI is InChI=1S/C47H56ClF3N8O7/c1-26-18-37(59(24-26)43(61)40(56-45(63)64-7)31-14-17-65-28(3)19-31)41-53-23-36(54-41)30-10-8-29(9-11-30)33-20-34(48)35(21-38(33)66-47(49,50)51)55-42(60)32-12-13-39(52-22-32)58-16-15-57(25-27(58)2)44(62)46(4,5)6/h8-13,20-23,26-28,31,37,40H,14-19,24-25H2,1-7H3,(H,53,54)(H,55,60)(H,56,63)/t26-,27+,28-,31?,37-,40?/m0/s1. The van der Waals surface area contributed by atoms with Crippen molar-refractivity contribution in [3.63, 3.8) is 0 Å². The molecule has 3 aliphatic rings. The number of methoxy groups -OCH3 is 1. The molecule has 4 aromatic rings. The Labute approximate surface area is 386 Å². The number of ether oxygens (including phenoxy) is 3. The molecule has 2 aromatic carbocycles. The maximum atomic E-state index is 14.2. The summed E-state index contributed by atoms with van der Waals surface area (Å²) in [6.45, 7) is 14.2. The maximum absolute atomic E-state index is 14.2. The fourth-order valence-electron chi connectivity index (χ4n) is 9.03. The van der Waals surface area contributed by atoms with Crippen molar-refractivity contribution in [2.24, 2.45) is 17.3 Å². The van der Waals surface area contributed by atoms with E-state index in [1.807, 2.05) is 46.4 Å². The highest BCUT2D eigenvalue weighted by Crippen LogP contribution is 2.42. The van der Waals surface area contributed by atoms with Crippen LogP contribution >= 0.6 is 11.6 Å². The van der Waals surface area contributed by atoms with Crippen LogP contribution in [0.1, 0.15) is 83.0 Å². The number of amides is 4. The molecule has 0 radical (unpaired) electrons. The van der Waals surface area contributed by atoms with Gasteiger partial charge in [0.1, 0.15) is 23.4 Å². The van der Waals surface area contributed by atoms with Crippen molar-refractivity contribution in [1.29, 1.82) is 0 Å². The number of piperazine rings is 1. The number of carbonyl (C=O) groups excluding carboxylic acids is 4. The third-order valence-electron chi connectivity index (χ3n) is 12.3. The Kier molecular flexibility index (Phi) is 14.2. The summed E-state index contributed by atoms with van der Waals surface area (Å²) in [4.78, 5) is 71.1. The Morgan fingerprint density at radius 3 is 2.33 bits per heavy atom. The minimum Gasteiger partial charge on any atom is -0.453 e. The number of likely N-dealkylation sites (tertiary alicyclic amines) is 1. The summed E-state index contributed by atoms with van der Waals surface area (Å²) in [5.41, 5.74) is 1.11. The molecular weight excluding hydrogens is 881 g/mol. The number of H-pyrrole nitrogens is 1. The molecule has 3 saturated heterocycles. The molecule has 0 bridgehead atoms. The molecule has 3 N–H and O–H groups in total. The number of alkyl carbamates (subject to hydrolysis) is 1. The SMILES string of the molecule is COC(=O)NC(C(=O)N1C[C@@H](C)C[C@H]1c1nc(-c2ccc(-c3cc(Cl)c(NC(=O)c4ccc(N5CCN(C(=O)C(C)(C)C)C[C@H]5C)nc4)cc3OC(F)(F)F)cc2)c[nH]1)C1CCO[C@@H](C)C1. The zero-order valence-electron chi connectivity index (χ0n) is 38.0. The summed E-state index contributed by atoms with van der Waals surface area (Å²) < 4.78 is 56.5. The zero-order valence-corrected chi connectivity index (χ0v) is 38.8. The molecule has 19 heteroatoms. The molecule has 5 heterocycles. The molecule has 3 fully saturated rings. The van der Waals surface area contributed by atoms with Crippen molar-refractivity contribution in [3.05, 3.63) is 77.3 Å². The molecule has 66 heavy (non-hydrogen) atoms. The number of anilines is 2. The number of halogens is 4. The highest BCUT2D eigenvalue weighted by molar-refractivity contribution is 6.34. The van der Waals surface area contributed by atoms with Crippen LogP contribution in [0.25, 0.3) is 22.4 Å². The number of rotatable bonds is 10. The van der Waals surface area contributed by atoms with Crippen molar-refractivity contribution >= 4 is 46.9 Å². The van der Waals surface area contributed by atoms with Gasteiger partial charge in [-0.2, -0.15) is 0 Å². The van der Waals surface area contributed by atoms with Gasteiger partial charge in [0.2, 0.25) is 11.8 Å². The van der Waals surface area contributed by atoms with Crippen molar-refractivity contribution in [2.45, 2.75) is 91.4 Å². The van der Waals surface area contributed by atoms with Gasteiger partial charge in [-0.25, -0.2) is 14.8 Å². The van der Waals surface area contributed by atoms with Gasteiger partial charge in [0.15, 0.2) is 0 Å². The first-order valence-corrected chi connectivity index (χ1v) is 22.4. The average Bonchev–Trinajstić information content (AvgIpc) is 3.92. The molecular formula is C47H56ClF3N8O7. The molecule has 6 atom stereocenters. The van der Waals surface area contributed by atoms with Gasteiger partial charge in [-0.3, -0.25) is 14.4 Å². The summed E-state index contributed by atoms with van der Waals surface area (Å²) in [5.74, 6) is -0.210. The normalized spacial score (nSPS) is 21.9. The fraction of sp³-hybridized carbons (Fsp3) is 0.489. The smallest absolute Gasteiger partial charge is 0.453 e. The van der Waals surface area contributed by atoms with E-state index in [0.717, 1.165) is 6.07 Å². The van der Waals surface area contributed by atoms with Crippen LogP contribution in [0, 0.1) is 17.3 Å². The third-order valence-corrected chi connectivity index (χ3v) is 12.6. The molecule has 3 aliphatic heterocycles. The quantitative estimate of drug-likeness (QED) is 0.140. The van der Waals surface area contributed by atoms with E-state index in [1.54, 1.807) is 47.5 Å². The summed E-state index contributed by atoms with van der Waals surface area (Å²) in [6, 6.07) is 10.9. The topological polar surface area (TPSA) is 171 Å². The van der Waals surface area contributed by atoms with Gasteiger partial charge >= 0.3 is 12.5 Å². The lowest BCUT2D eigenvalue weighted by molar-refractivity contribution is -0.274. The second-order valence-corrected chi connectivity index (χ2v) is 18.9. The van der Waals surface area contributed by atoms with E-state index in [2.05, 4.69) is 30.2 Å². The van der Waals surface area contributed by atoms with Crippen molar-refractivity contribution in [3.8, 4) is 28.1 Å². The highest BCUT2D eigenvalue weighted by atomic mass is 35.5. The number of aromatic amines is 1. The van der Waals surface area contributed by atoms with Crippen LogP contribution in [0.4, 0.5) is 29.5 Å². The van der Waals surface area contributed by atoms with E-state index in [0.29, 0.717) is 80.5 Å². The van der Waals surface area contributed by atoms with E-state index in [9.17, 15) is 32.3 Å². The Hall–Kier alpha value is -5.88. The summed E-state index contributed by atoms with van der Waals surface area (Å²) in [7, 11) is 1.26. The number of hydrogen-bond donors (Lipinski definition) is 3. The molecule has 7 rings (SSSR count). The van der Waals surface area contributed by atoms with E-state index in [-0.39, 0.29) is 57.6 Å². The molecule has 4 amide bonds. The number of nitrogens with one attached hydrogen (secondary N) is 3. The number of imidazole rings is 1. The zero-order chi connectivity index (χ0) is 47.7. The Morgan fingerprint density at radius 1 is 0.970 bits per heavy atom. The van der Waals surface area contributed by atoms with Gasteiger partial charge in [-0.05, 0) is 68.7 Å². The molecule has 2 unspecified atom stereocenters. The van der Waals surface area contributed by atoms with Crippen molar-refractivity contribution in [1.82, 2.24) is 30.1 Å². The maximum Gasteiger partial charge on any atom is 0.573 e. The number of nitrogens with zero attached hydrogens (tertiary/aromatic N) is 5. The van der Waals surface area contributed by atoms with Gasteiger partial charge in [-0.15, -0.1) is 13.2 Å². The highest BCUT2D eigenvalue weighted by Gasteiger charge is 2.43. The van der Waals surface area contributed by atoms with Gasteiger partial charge in [0.25, 0.3) is 5.91 Å². The number of carbonyl (C=O) groups is 4. The summed E-state index contributed by atoms with van der Waals surface area (Å²) in [5, 5.41) is 5.34. The Balaban J connectivity index is 1.05. The van der Waals surface area contributed by atoms with Gasteiger partial charge < -0.3 is 44.5 Å². The van der Waals surface area contributed by atoms with E-state index >= 15 is 0 Å². The number of hydrogen-bond acceptors (Lipinski definition) is 10. The van der Waals surface area contributed by atoms with E-state index < -0.39 is 41.6 Å². The van der Waals surface area contributed by atoms with Crippen LogP contribution in [0.5, 0.6) is 5.75 Å². The predicted molar refractivity (Wildman–Crippen MR) is 242 cm³/mol. The van der Waals surface area contributed by atoms with E-state index in [4.69, 9.17) is 26.1 Å². The number of aromatic nitrogens is 3. The molecule has 0 aliphatic carbocycles. The van der Waals surface area contributed by atoms with Gasteiger partial charge in [0, 0.05) is 73.8 Å². The third kappa shape index (κ3) is 11.0. The second kappa shape index (κ2) is 19.5. The lowest BCUT2D eigenvalue weighted by Gasteiger charge is -2.42. The minimum atomic E-state index is -5.07. The van der Waals surface area contributed by atoms with Crippen LogP contribution in [0.15, 0.2) is 60.9 Å². The molecule has 0 spiro atoms. The molecule has 354 valence electrons. The second-order valence-electron chi connectivity index (χ2n) is 18.5. The first-order valence-electron chi connectivity index (χ1n) is 22.0. The van der Waals surface area contributed by atoms with Crippen LogP contribution in [0.2, 0.25) is 5.02 Å². The van der Waals surface area contributed by atoms with Crippen LogP contribution < -0.4 is 20.3 Å². The monoisotopic (exact) mass is 936 g/mol. The Morgan fingerprint density at radius 2 is 1.70 bits per heavy atom. The fourth-order valence-corrected chi connectivity index (χ4v) is 9.24. The largest absolute Gasteiger partial charge is 0.573 e. The Bertz CT molecular complexity index is 2410. The van der Waals surface area contributed by atoms with Crippen LogP contribution in [-0.2, 0) is 19.1 Å². The molecule has 0 saturated carbocycles. The number of alkyl halides is 3. The van der Waals surface area contributed by atoms with Crippen LogP contribution in [-0.4, -0.2) is 113 Å². The van der Waals surface area contributed by atoms with E-state index in [1.165, 1.54) is 19.4 Å². The minimum absolute atomic E-state index is 0.0252. The molecule has 2 aromatic heterocycles. The average molecular weight is 937 g/mol. The predicted octanol–water partition coefficient (Wildman–Crippen LogP) is 8.48. The summed E-state index contributed by atoms with van der Waals surface area (Å²) >= 11 is 6.62. The lowest BCUT2D eigenvalue weighted by Crippen LogP contribution is -2.56. The van der Waals surface area contributed by atoms with Gasteiger partial charge in [0.05, 0.1) is 41.2 Å². The molecule has 15 nitrogen and oxygen atoms in total. The van der Waals surface area contributed by atoms with Crippen molar-refractivity contribution < 1.29 is 46.6 Å².